The number of carbonyl (C=O) groups excluding carboxylic acids is 1. The monoisotopic (exact) mass is 469 g/mol. The second kappa shape index (κ2) is 8.90. The molecule has 6 heteroatoms. The molecule has 1 aromatic rings. The third-order valence-corrected chi connectivity index (χ3v) is 8.71. The van der Waals surface area contributed by atoms with Gasteiger partial charge < -0.3 is 25.7 Å². The molecule has 0 radical (unpaired) electrons. The van der Waals surface area contributed by atoms with Crippen molar-refractivity contribution in [3.05, 3.63) is 60.2 Å². The highest BCUT2D eigenvalue weighted by atomic mass is 16.3. The average molecular weight is 470 g/mol. The Morgan fingerprint density at radius 2 is 1.74 bits per heavy atom. The third kappa shape index (κ3) is 4.05. The number of hydrogen-bond donors (Lipinski definition) is 5. The Balaban J connectivity index is 1.88. The van der Waals surface area contributed by atoms with Crippen molar-refractivity contribution >= 4 is 5.91 Å². The molecule has 1 saturated carbocycles. The first-order valence-corrected chi connectivity index (χ1v) is 12.4. The topological polar surface area (TPSA) is 110 Å². The molecule has 1 heterocycles. The summed E-state index contributed by atoms with van der Waals surface area (Å²) in [7, 11) is 0. The maximum atomic E-state index is 13.9. The van der Waals surface area contributed by atoms with Crippen molar-refractivity contribution in [2.24, 2.45) is 29.1 Å². The first-order chi connectivity index (χ1) is 15.9. The minimum absolute atomic E-state index is 0.154. The van der Waals surface area contributed by atoms with Gasteiger partial charge in [-0.2, -0.15) is 0 Å². The van der Waals surface area contributed by atoms with Gasteiger partial charge in [0, 0.05) is 17.9 Å². The standard InChI is InChI=1S/C28H39NO5/c1-17-9-8-12-20-24(31)27(4,34)18(2)23-21(15-19-10-6-5-7-11-19)29-25(32)28(20,23)22(30)13-14-26(3,33)16-17/h5-8,10-14,17-18,20-24,30-31,33-34H,9,15-16H2,1-4H3,(H,29,32)/b12-8+,14-13+/t17-,18-,20-,21-,22+,23-,24-,26-,27-,28+/m0/s1. The Labute approximate surface area is 202 Å². The molecular formula is C28H39NO5. The number of allylic oxidation sites excluding steroid dienone is 1. The van der Waals surface area contributed by atoms with Gasteiger partial charge in [0.2, 0.25) is 5.91 Å². The van der Waals surface area contributed by atoms with Crippen LogP contribution in [0.2, 0.25) is 0 Å². The highest BCUT2D eigenvalue weighted by molar-refractivity contribution is 5.88. The molecule has 186 valence electrons. The van der Waals surface area contributed by atoms with Crippen LogP contribution < -0.4 is 5.32 Å². The van der Waals surface area contributed by atoms with Gasteiger partial charge in [-0.1, -0.05) is 68.5 Å². The van der Waals surface area contributed by atoms with Crippen LogP contribution in [0.1, 0.15) is 46.1 Å². The molecular weight excluding hydrogens is 430 g/mol. The summed E-state index contributed by atoms with van der Waals surface area (Å²) in [5.74, 6) is -1.89. The van der Waals surface area contributed by atoms with Gasteiger partial charge in [-0.3, -0.25) is 4.79 Å². The van der Waals surface area contributed by atoms with Gasteiger partial charge in [0.1, 0.15) is 0 Å². The van der Waals surface area contributed by atoms with Crippen LogP contribution in [0.3, 0.4) is 0 Å². The number of carbonyl (C=O) groups is 1. The molecule has 1 spiro atoms. The van der Waals surface area contributed by atoms with Crippen molar-refractivity contribution in [3.8, 4) is 0 Å². The minimum Gasteiger partial charge on any atom is -0.389 e. The van der Waals surface area contributed by atoms with Crippen LogP contribution in [0, 0.1) is 29.1 Å². The number of aliphatic hydroxyl groups excluding tert-OH is 2. The molecule has 1 amide bonds. The molecule has 0 bridgehead atoms. The summed E-state index contributed by atoms with van der Waals surface area (Å²) in [6.45, 7) is 7.22. The van der Waals surface area contributed by atoms with Gasteiger partial charge in [-0.25, -0.2) is 0 Å². The van der Waals surface area contributed by atoms with E-state index >= 15 is 0 Å². The number of rotatable bonds is 2. The minimum atomic E-state index is -1.45. The summed E-state index contributed by atoms with van der Waals surface area (Å²) >= 11 is 0. The van der Waals surface area contributed by atoms with Crippen LogP contribution in [-0.2, 0) is 11.2 Å². The second-order valence-corrected chi connectivity index (χ2v) is 11.3. The summed E-state index contributed by atoms with van der Waals surface area (Å²) in [6, 6.07) is 9.52. The van der Waals surface area contributed by atoms with E-state index in [1.807, 2.05) is 56.3 Å². The van der Waals surface area contributed by atoms with Crippen LogP contribution in [0.15, 0.2) is 54.6 Å². The van der Waals surface area contributed by atoms with Crippen molar-refractivity contribution in [2.45, 2.75) is 76.4 Å². The van der Waals surface area contributed by atoms with E-state index in [9.17, 15) is 25.2 Å². The summed E-state index contributed by atoms with van der Waals surface area (Å²) in [4.78, 5) is 13.9. The Morgan fingerprint density at radius 1 is 1.06 bits per heavy atom. The fraction of sp³-hybridized carbons (Fsp3) is 0.607. The summed E-state index contributed by atoms with van der Waals surface area (Å²) in [5.41, 5.74) is -2.92. The maximum Gasteiger partial charge on any atom is 0.230 e. The summed E-state index contributed by atoms with van der Waals surface area (Å²) < 4.78 is 0. The van der Waals surface area contributed by atoms with E-state index in [0.717, 1.165) is 5.56 Å². The molecule has 10 atom stereocenters. The van der Waals surface area contributed by atoms with E-state index in [2.05, 4.69) is 5.32 Å². The first kappa shape index (κ1) is 25.1. The van der Waals surface area contributed by atoms with Crippen LogP contribution in [0.4, 0.5) is 0 Å². The zero-order valence-corrected chi connectivity index (χ0v) is 20.6. The molecule has 1 aromatic carbocycles. The van der Waals surface area contributed by atoms with Crippen LogP contribution in [0.25, 0.3) is 0 Å². The molecule has 2 aliphatic carbocycles. The SMILES string of the molecule is C[C@H]1C/C=C/[C@H]2[C@H](O)[C@@](C)(O)[C@@H](C)[C@H]3[C@H](Cc4ccccc4)NC(=O)[C@]32[C@H](O)/C=C/[C@](C)(O)C1. The lowest BCUT2D eigenvalue weighted by Crippen LogP contribution is -2.67. The van der Waals surface area contributed by atoms with Gasteiger partial charge >= 0.3 is 0 Å². The van der Waals surface area contributed by atoms with Crippen LogP contribution >= 0.6 is 0 Å². The molecule has 0 aromatic heterocycles. The molecule has 1 saturated heterocycles. The largest absolute Gasteiger partial charge is 0.389 e. The molecule has 3 aliphatic rings. The number of benzene rings is 1. The molecule has 5 N–H and O–H groups in total. The van der Waals surface area contributed by atoms with Gasteiger partial charge in [0.25, 0.3) is 0 Å². The normalized spacial score (nSPS) is 48.7. The smallest absolute Gasteiger partial charge is 0.230 e. The number of hydrogen-bond acceptors (Lipinski definition) is 5. The van der Waals surface area contributed by atoms with E-state index in [0.29, 0.717) is 19.3 Å². The molecule has 0 unspecified atom stereocenters. The quantitative estimate of drug-likeness (QED) is 0.427. The lowest BCUT2D eigenvalue weighted by molar-refractivity contribution is -0.212. The number of aliphatic hydroxyl groups is 4. The van der Waals surface area contributed by atoms with Crippen LogP contribution in [-0.4, -0.2) is 55.8 Å². The average Bonchev–Trinajstić information content (AvgIpc) is 3.04. The van der Waals surface area contributed by atoms with Gasteiger partial charge in [0.15, 0.2) is 0 Å². The molecule has 4 rings (SSSR count). The van der Waals surface area contributed by atoms with Crippen molar-refractivity contribution < 1.29 is 25.2 Å². The highest BCUT2D eigenvalue weighted by Gasteiger charge is 2.71. The third-order valence-electron chi connectivity index (χ3n) is 8.71. The van der Waals surface area contributed by atoms with E-state index in [4.69, 9.17) is 0 Å². The van der Waals surface area contributed by atoms with Crippen LogP contribution in [0.5, 0.6) is 0 Å². The second-order valence-electron chi connectivity index (χ2n) is 11.3. The molecule has 34 heavy (non-hydrogen) atoms. The van der Waals surface area contributed by atoms with E-state index < -0.39 is 46.6 Å². The number of nitrogens with one attached hydrogen (secondary N) is 1. The lowest BCUT2D eigenvalue weighted by atomic mass is 9.49. The Hall–Kier alpha value is -1.99. The predicted octanol–water partition coefficient (Wildman–Crippen LogP) is 2.36. The molecule has 6 nitrogen and oxygen atoms in total. The maximum absolute atomic E-state index is 13.9. The Kier molecular flexibility index (Phi) is 6.58. The zero-order valence-electron chi connectivity index (χ0n) is 20.6. The van der Waals surface area contributed by atoms with Crippen molar-refractivity contribution in [1.29, 1.82) is 0 Å². The lowest BCUT2D eigenvalue weighted by Gasteiger charge is -2.56. The van der Waals surface area contributed by atoms with E-state index in [-0.39, 0.29) is 17.9 Å². The van der Waals surface area contributed by atoms with Crippen molar-refractivity contribution in [1.82, 2.24) is 5.32 Å². The number of amides is 1. The van der Waals surface area contributed by atoms with Gasteiger partial charge in [-0.05, 0) is 50.5 Å². The summed E-state index contributed by atoms with van der Waals surface area (Å²) in [5, 5.41) is 48.6. The van der Waals surface area contributed by atoms with E-state index in [1.54, 1.807) is 19.9 Å². The van der Waals surface area contributed by atoms with Crippen molar-refractivity contribution in [3.63, 3.8) is 0 Å². The summed E-state index contributed by atoms with van der Waals surface area (Å²) in [6.07, 6.45) is 6.07. The van der Waals surface area contributed by atoms with Crippen molar-refractivity contribution in [2.75, 3.05) is 0 Å². The molecule has 1 aliphatic heterocycles. The Bertz CT molecular complexity index is 955. The van der Waals surface area contributed by atoms with Gasteiger partial charge in [0.05, 0.1) is 28.8 Å². The molecule has 2 fully saturated rings. The Morgan fingerprint density at radius 3 is 2.41 bits per heavy atom. The first-order valence-electron chi connectivity index (χ1n) is 12.4. The fourth-order valence-corrected chi connectivity index (χ4v) is 6.87. The van der Waals surface area contributed by atoms with Gasteiger partial charge in [-0.15, -0.1) is 0 Å². The predicted molar refractivity (Wildman–Crippen MR) is 131 cm³/mol. The zero-order chi connectivity index (χ0) is 24.9. The highest BCUT2D eigenvalue weighted by Crippen LogP contribution is 2.59. The van der Waals surface area contributed by atoms with E-state index in [1.165, 1.54) is 6.08 Å². The fourth-order valence-electron chi connectivity index (χ4n) is 6.87.